The van der Waals surface area contributed by atoms with Crippen LogP contribution in [0.3, 0.4) is 0 Å². The Morgan fingerprint density at radius 1 is 1.59 bits per heavy atom. The van der Waals surface area contributed by atoms with Crippen molar-refractivity contribution in [2.75, 3.05) is 7.11 Å². The number of piperidine rings is 1. The molecule has 1 aromatic rings. The van der Waals surface area contributed by atoms with Crippen LogP contribution >= 0.6 is 0 Å². The molecular weight excluding hydrogens is 214 g/mol. The van der Waals surface area contributed by atoms with Crippen LogP contribution in [0.1, 0.15) is 44.8 Å². The molecule has 0 radical (unpaired) electrons. The minimum atomic E-state index is 0.226. The van der Waals surface area contributed by atoms with Gasteiger partial charge in [0, 0.05) is 31.9 Å². The third-order valence-electron chi connectivity index (χ3n) is 3.57. The highest BCUT2D eigenvalue weighted by Gasteiger charge is 2.22. The van der Waals surface area contributed by atoms with Gasteiger partial charge < -0.3 is 14.6 Å². The minimum absolute atomic E-state index is 0.226. The van der Waals surface area contributed by atoms with Gasteiger partial charge in [-0.1, -0.05) is 0 Å². The van der Waals surface area contributed by atoms with Crippen LogP contribution in [0.4, 0.5) is 0 Å². The van der Waals surface area contributed by atoms with Crippen LogP contribution in [0.25, 0.3) is 0 Å². The predicted octanol–water partition coefficient (Wildman–Crippen LogP) is 2.12. The Labute approximate surface area is 103 Å². The molecule has 0 spiro atoms. The molecule has 4 nitrogen and oxygen atoms in total. The Hall–Kier alpha value is -0.870. The summed E-state index contributed by atoms with van der Waals surface area (Å²) in [6.45, 7) is 5.21. The molecule has 1 fully saturated rings. The number of rotatable bonds is 4. The quantitative estimate of drug-likeness (QED) is 0.872. The Morgan fingerprint density at radius 3 is 3.12 bits per heavy atom. The van der Waals surface area contributed by atoms with E-state index in [9.17, 15) is 0 Å². The van der Waals surface area contributed by atoms with Crippen molar-refractivity contribution in [1.29, 1.82) is 0 Å². The number of methoxy groups -OCH3 is 1. The maximum Gasteiger partial charge on any atom is 0.0949 e. The molecule has 2 heterocycles. The van der Waals surface area contributed by atoms with Crippen molar-refractivity contribution in [3.8, 4) is 0 Å². The Balaban J connectivity index is 2.07. The molecule has 1 aliphatic heterocycles. The summed E-state index contributed by atoms with van der Waals surface area (Å²) in [4.78, 5) is 4.28. The third kappa shape index (κ3) is 3.07. The summed E-state index contributed by atoms with van der Waals surface area (Å²) < 4.78 is 7.53. The maximum absolute atomic E-state index is 5.32. The van der Waals surface area contributed by atoms with Gasteiger partial charge in [-0.2, -0.15) is 0 Å². The summed E-state index contributed by atoms with van der Waals surface area (Å²) in [5.41, 5.74) is 1.29. The Morgan fingerprint density at radius 2 is 2.41 bits per heavy atom. The lowest BCUT2D eigenvalue weighted by Crippen LogP contribution is -2.36. The molecule has 3 atom stereocenters. The summed E-state index contributed by atoms with van der Waals surface area (Å²) in [5.74, 6) is 0. The van der Waals surface area contributed by atoms with Gasteiger partial charge in [0.2, 0.25) is 0 Å². The van der Waals surface area contributed by atoms with Crippen molar-refractivity contribution in [2.45, 2.75) is 57.8 Å². The van der Waals surface area contributed by atoms with Gasteiger partial charge in [0.25, 0.3) is 0 Å². The highest BCUT2D eigenvalue weighted by molar-refractivity contribution is 5.07. The van der Waals surface area contributed by atoms with E-state index in [1.165, 1.54) is 25.0 Å². The van der Waals surface area contributed by atoms with Crippen LogP contribution in [-0.2, 0) is 11.3 Å². The zero-order valence-electron chi connectivity index (χ0n) is 11.0. The SMILES string of the molecule is COC(C)Cn1cncc1C1CCCC(C)N1. The topological polar surface area (TPSA) is 39.1 Å². The average molecular weight is 237 g/mol. The van der Waals surface area contributed by atoms with Crippen molar-refractivity contribution in [1.82, 2.24) is 14.9 Å². The summed E-state index contributed by atoms with van der Waals surface area (Å²) in [6.07, 6.45) is 7.90. The van der Waals surface area contributed by atoms with Crippen molar-refractivity contribution in [2.24, 2.45) is 0 Å². The Kier molecular flexibility index (Phi) is 4.18. The lowest BCUT2D eigenvalue weighted by molar-refractivity contribution is 0.102. The van der Waals surface area contributed by atoms with Crippen LogP contribution in [0.15, 0.2) is 12.5 Å². The molecule has 1 aliphatic rings. The van der Waals surface area contributed by atoms with Crippen molar-refractivity contribution in [3.05, 3.63) is 18.2 Å². The Bertz CT molecular complexity index is 350. The summed E-state index contributed by atoms with van der Waals surface area (Å²) >= 11 is 0. The molecule has 2 rings (SSSR count). The second-order valence-corrected chi connectivity index (χ2v) is 5.07. The summed E-state index contributed by atoms with van der Waals surface area (Å²) in [5, 5.41) is 3.65. The van der Waals surface area contributed by atoms with Gasteiger partial charge in [-0.05, 0) is 33.1 Å². The van der Waals surface area contributed by atoms with E-state index >= 15 is 0 Å². The van der Waals surface area contributed by atoms with Gasteiger partial charge in [0.1, 0.15) is 0 Å². The number of ether oxygens (including phenoxy) is 1. The molecule has 1 aromatic heterocycles. The fourth-order valence-electron chi connectivity index (χ4n) is 2.50. The molecule has 0 bridgehead atoms. The van der Waals surface area contributed by atoms with E-state index in [-0.39, 0.29) is 6.10 Å². The fourth-order valence-corrected chi connectivity index (χ4v) is 2.50. The van der Waals surface area contributed by atoms with E-state index in [1.807, 2.05) is 12.5 Å². The number of nitrogens with one attached hydrogen (secondary N) is 1. The largest absolute Gasteiger partial charge is 0.380 e. The predicted molar refractivity (Wildman–Crippen MR) is 67.9 cm³/mol. The van der Waals surface area contributed by atoms with Crippen molar-refractivity contribution >= 4 is 0 Å². The second-order valence-electron chi connectivity index (χ2n) is 5.07. The number of aromatic nitrogens is 2. The number of hydrogen-bond acceptors (Lipinski definition) is 3. The smallest absolute Gasteiger partial charge is 0.0949 e. The van der Waals surface area contributed by atoms with Gasteiger partial charge in [-0.3, -0.25) is 0 Å². The molecule has 4 heteroatoms. The monoisotopic (exact) mass is 237 g/mol. The van der Waals surface area contributed by atoms with E-state index in [4.69, 9.17) is 4.74 Å². The molecule has 96 valence electrons. The molecule has 0 amide bonds. The molecule has 1 saturated heterocycles. The first-order valence-electron chi connectivity index (χ1n) is 6.49. The zero-order chi connectivity index (χ0) is 12.3. The van der Waals surface area contributed by atoms with Gasteiger partial charge in [-0.25, -0.2) is 4.98 Å². The third-order valence-corrected chi connectivity index (χ3v) is 3.57. The maximum atomic E-state index is 5.32. The van der Waals surface area contributed by atoms with Crippen molar-refractivity contribution < 1.29 is 4.74 Å². The van der Waals surface area contributed by atoms with Crippen LogP contribution in [-0.4, -0.2) is 28.8 Å². The van der Waals surface area contributed by atoms with E-state index in [0.29, 0.717) is 12.1 Å². The number of imidazole rings is 1. The van der Waals surface area contributed by atoms with Gasteiger partial charge in [0.15, 0.2) is 0 Å². The highest BCUT2D eigenvalue weighted by Crippen LogP contribution is 2.25. The van der Waals surface area contributed by atoms with E-state index < -0.39 is 0 Å². The normalized spacial score (nSPS) is 27.0. The standard InChI is InChI=1S/C13H23N3O/c1-10-5-4-6-12(15-10)13-7-14-9-16(13)8-11(2)17-3/h7,9-12,15H,4-6,8H2,1-3H3. The molecule has 0 aromatic carbocycles. The van der Waals surface area contributed by atoms with Crippen LogP contribution < -0.4 is 5.32 Å². The lowest BCUT2D eigenvalue weighted by atomic mass is 9.97. The van der Waals surface area contributed by atoms with E-state index in [2.05, 4.69) is 28.7 Å². The first kappa shape index (κ1) is 12.6. The molecule has 3 unspecified atom stereocenters. The molecule has 0 aliphatic carbocycles. The number of nitrogens with zero attached hydrogens (tertiary/aromatic N) is 2. The fraction of sp³-hybridized carbons (Fsp3) is 0.769. The average Bonchev–Trinajstić information content (AvgIpc) is 2.77. The van der Waals surface area contributed by atoms with Crippen LogP contribution in [0.2, 0.25) is 0 Å². The van der Waals surface area contributed by atoms with E-state index in [0.717, 1.165) is 6.54 Å². The van der Waals surface area contributed by atoms with E-state index in [1.54, 1.807) is 7.11 Å². The van der Waals surface area contributed by atoms with Crippen molar-refractivity contribution in [3.63, 3.8) is 0 Å². The summed E-state index contributed by atoms with van der Waals surface area (Å²) in [7, 11) is 1.75. The molecular formula is C13H23N3O. The van der Waals surface area contributed by atoms with Gasteiger partial charge >= 0.3 is 0 Å². The lowest BCUT2D eigenvalue weighted by Gasteiger charge is -2.29. The minimum Gasteiger partial charge on any atom is -0.380 e. The van der Waals surface area contributed by atoms with Gasteiger partial charge in [0.05, 0.1) is 18.1 Å². The molecule has 17 heavy (non-hydrogen) atoms. The molecule has 1 N–H and O–H groups in total. The van der Waals surface area contributed by atoms with Crippen LogP contribution in [0.5, 0.6) is 0 Å². The first-order valence-corrected chi connectivity index (χ1v) is 6.49. The van der Waals surface area contributed by atoms with Crippen LogP contribution in [0, 0.1) is 0 Å². The number of hydrogen-bond donors (Lipinski definition) is 1. The second kappa shape index (κ2) is 5.65. The zero-order valence-corrected chi connectivity index (χ0v) is 11.0. The summed E-state index contributed by atoms with van der Waals surface area (Å²) in [6, 6.07) is 1.06. The first-order chi connectivity index (χ1) is 8.20. The highest BCUT2D eigenvalue weighted by atomic mass is 16.5. The van der Waals surface area contributed by atoms with Gasteiger partial charge in [-0.15, -0.1) is 0 Å². The molecule has 0 saturated carbocycles.